The van der Waals surface area contributed by atoms with Gasteiger partial charge >= 0.3 is 5.97 Å². The first kappa shape index (κ1) is 59.7. The van der Waals surface area contributed by atoms with E-state index < -0.39 is 108 Å². The number of phenolic OH excluding ortho intramolecular Hbond substituents is 2. The molecule has 24 heteroatoms. The number of nitrogens with two attached hydrogens (primary N) is 2. The molecule has 16 N–H and O–H groups in total. The molecule has 1 aromatic heterocycles. The zero-order valence-electron chi connectivity index (χ0n) is 41.1. The molecule has 3 aromatic carbocycles. The zero-order chi connectivity index (χ0) is 54.5. The molecular weight excluding hydrogens is 997 g/mol. The summed E-state index contributed by atoms with van der Waals surface area (Å²) in [7, 11) is 0. The maximum Gasteiger partial charge on any atom is 0.327 e. The van der Waals surface area contributed by atoms with Crippen LogP contribution in [0.3, 0.4) is 0 Å². The quantitative estimate of drug-likeness (QED) is 0.0230. The molecule has 0 spiro atoms. The summed E-state index contributed by atoms with van der Waals surface area (Å²) in [6.45, 7) is 2.73. The molecule has 0 aliphatic rings. The Morgan fingerprint density at radius 3 is 1.58 bits per heavy atom. The van der Waals surface area contributed by atoms with Crippen LogP contribution in [0.25, 0.3) is 10.9 Å². The Kier molecular flexibility index (Phi) is 24.0. The molecule has 0 aliphatic heterocycles. The number of aromatic nitrogens is 1. The van der Waals surface area contributed by atoms with E-state index in [4.69, 9.17) is 11.5 Å². The van der Waals surface area contributed by atoms with Crippen LogP contribution in [-0.4, -0.2) is 146 Å². The van der Waals surface area contributed by atoms with Crippen LogP contribution in [0.1, 0.15) is 56.2 Å². The standard InChI is InChI=1S/C50H68N10O12S2/c1-3-27(2)42(60-44(65)36(10-6-7-19-51)54-47(68)39(55-43(64)34(52)25-73)22-30-23-53-35-9-5-4-8-33(30)35)49(70)57-38(21-29-13-17-32(63)18-14-29)45(66)58-40(24-61)48(69)56-37(20-28-11-15-31(62)16-12-28)46(67)59-41(26-74)50(71)72/h4-5,8-9,11-18,23,27,34,36-42,53,61-63,73-74H,3,6-7,10,19-22,24-26,51-52H2,1-2H3,(H,54,68)(H,55,64)(H,56,69)(H,57,70)(H,58,66)(H,59,67)(H,60,65)(H,71,72). The van der Waals surface area contributed by atoms with Crippen molar-refractivity contribution in [2.75, 3.05) is 24.7 Å². The van der Waals surface area contributed by atoms with Gasteiger partial charge in [-0.1, -0.05) is 62.7 Å². The minimum atomic E-state index is -1.74. The molecule has 0 radical (unpaired) electrons. The van der Waals surface area contributed by atoms with Crippen molar-refractivity contribution in [3.63, 3.8) is 0 Å². The average Bonchev–Trinajstić information content (AvgIpc) is 3.80. The highest BCUT2D eigenvalue weighted by Crippen LogP contribution is 2.20. The van der Waals surface area contributed by atoms with Crippen LogP contribution in [0.2, 0.25) is 0 Å². The summed E-state index contributed by atoms with van der Waals surface area (Å²) in [5.41, 5.74) is 14.1. The van der Waals surface area contributed by atoms with E-state index in [0.717, 1.165) is 10.9 Å². The lowest BCUT2D eigenvalue weighted by molar-refractivity contribution is -0.141. The fourth-order valence-electron chi connectivity index (χ4n) is 7.69. The Morgan fingerprint density at radius 1 is 0.595 bits per heavy atom. The third-order valence-corrected chi connectivity index (χ3v) is 13.0. The minimum Gasteiger partial charge on any atom is -0.508 e. The topological polar surface area (TPSA) is 370 Å². The molecule has 7 amide bonds. The first-order valence-corrected chi connectivity index (χ1v) is 25.3. The number of amides is 7. The molecule has 9 atom stereocenters. The molecule has 0 saturated heterocycles. The number of carboxylic acids is 1. The van der Waals surface area contributed by atoms with Crippen molar-refractivity contribution in [1.82, 2.24) is 42.2 Å². The van der Waals surface area contributed by atoms with Gasteiger partial charge < -0.3 is 74.1 Å². The van der Waals surface area contributed by atoms with Crippen LogP contribution in [-0.2, 0) is 57.6 Å². The summed E-state index contributed by atoms with van der Waals surface area (Å²) in [4.78, 5) is 112. The second-order valence-electron chi connectivity index (χ2n) is 17.8. The summed E-state index contributed by atoms with van der Waals surface area (Å²) in [5.74, 6) is -8.38. The summed E-state index contributed by atoms with van der Waals surface area (Å²) in [5, 5.41) is 58.6. The molecule has 22 nitrogen and oxygen atoms in total. The van der Waals surface area contributed by atoms with Crippen molar-refractivity contribution < 1.29 is 58.8 Å². The number of aliphatic hydroxyl groups is 1. The molecule has 0 aliphatic carbocycles. The van der Waals surface area contributed by atoms with Gasteiger partial charge in [0.25, 0.3) is 0 Å². The van der Waals surface area contributed by atoms with Gasteiger partial charge in [-0.3, -0.25) is 33.6 Å². The van der Waals surface area contributed by atoms with Crippen molar-refractivity contribution in [3.8, 4) is 11.5 Å². The summed E-state index contributed by atoms with van der Waals surface area (Å²) < 4.78 is 0. The number of unbranched alkanes of at least 4 members (excludes halogenated alkanes) is 1. The number of hydrogen-bond donors (Lipinski definition) is 16. The number of rotatable bonds is 30. The third-order valence-electron chi connectivity index (χ3n) is 12.3. The first-order chi connectivity index (χ1) is 35.3. The number of benzene rings is 3. The van der Waals surface area contributed by atoms with Gasteiger partial charge in [-0.05, 0) is 78.7 Å². The molecule has 0 fully saturated rings. The summed E-state index contributed by atoms with van der Waals surface area (Å²) >= 11 is 8.11. The molecular formula is C50H68N10O12S2. The van der Waals surface area contributed by atoms with E-state index in [1.807, 2.05) is 24.3 Å². The van der Waals surface area contributed by atoms with E-state index in [1.165, 1.54) is 48.5 Å². The fraction of sp³-hybridized carbons (Fsp3) is 0.440. The van der Waals surface area contributed by atoms with Crippen molar-refractivity contribution >= 4 is 83.5 Å². The number of aromatic amines is 1. The largest absolute Gasteiger partial charge is 0.508 e. The van der Waals surface area contributed by atoms with E-state index in [1.54, 1.807) is 20.0 Å². The van der Waals surface area contributed by atoms with Crippen LogP contribution < -0.4 is 48.7 Å². The number of carbonyl (C=O) groups is 8. The highest BCUT2D eigenvalue weighted by Gasteiger charge is 2.36. The predicted molar refractivity (Wildman–Crippen MR) is 282 cm³/mol. The molecule has 4 rings (SSSR count). The number of thiol groups is 2. The Labute approximate surface area is 439 Å². The molecule has 402 valence electrons. The van der Waals surface area contributed by atoms with Crippen molar-refractivity contribution in [2.45, 2.75) is 107 Å². The van der Waals surface area contributed by atoms with Crippen LogP contribution in [0.15, 0.2) is 79.0 Å². The van der Waals surface area contributed by atoms with Crippen molar-refractivity contribution in [3.05, 3.63) is 95.7 Å². The smallest absolute Gasteiger partial charge is 0.327 e. The number of aliphatic hydroxyl groups excluding tert-OH is 1. The lowest BCUT2D eigenvalue weighted by Gasteiger charge is -2.30. The van der Waals surface area contributed by atoms with Gasteiger partial charge in [0.15, 0.2) is 0 Å². The number of carboxylic acid groups (broad SMARTS) is 1. The number of aliphatic carboxylic acids is 1. The van der Waals surface area contributed by atoms with Crippen molar-refractivity contribution in [2.24, 2.45) is 17.4 Å². The second kappa shape index (κ2) is 29.7. The van der Waals surface area contributed by atoms with Crippen LogP contribution in [0, 0.1) is 5.92 Å². The third kappa shape index (κ3) is 18.0. The fourth-order valence-corrected chi connectivity index (χ4v) is 8.11. The highest BCUT2D eigenvalue weighted by molar-refractivity contribution is 7.80. The molecule has 9 unspecified atom stereocenters. The number of nitrogens with one attached hydrogen (secondary N) is 8. The lowest BCUT2D eigenvalue weighted by atomic mass is 9.96. The predicted octanol–water partition coefficient (Wildman–Crippen LogP) is -0.560. The molecule has 74 heavy (non-hydrogen) atoms. The maximum atomic E-state index is 14.5. The molecule has 4 aromatic rings. The minimum absolute atomic E-state index is 0.0100. The molecule has 0 saturated carbocycles. The molecule has 0 bridgehead atoms. The number of fused-ring (bicyclic) bond motifs is 1. The second-order valence-corrected chi connectivity index (χ2v) is 18.6. The van der Waals surface area contributed by atoms with Crippen LogP contribution in [0.5, 0.6) is 11.5 Å². The number of hydrogen-bond acceptors (Lipinski definition) is 15. The SMILES string of the molecule is CCC(C)C(NC(=O)C(CCCCN)NC(=O)C(Cc1c[nH]c2ccccc12)NC(=O)C(N)CS)C(=O)NC(Cc1ccc(O)cc1)C(=O)NC(CO)C(=O)NC(Cc1ccc(O)cc1)C(=O)NC(CS)C(=O)O. The Hall–Kier alpha value is -6.86. The maximum absolute atomic E-state index is 14.5. The van der Waals surface area contributed by atoms with Crippen LogP contribution >= 0.6 is 25.3 Å². The Morgan fingerprint density at radius 2 is 1.07 bits per heavy atom. The van der Waals surface area contributed by atoms with E-state index >= 15 is 0 Å². The van der Waals surface area contributed by atoms with Gasteiger partial charge in [-0.2, -0.15) is 25.3 Å². The number of carbonyl (C=O) groups excluding carboxylic acids is 7. The first-order valence-electron chi connectivity index (χ1n) is 24.1. The number of phenols is 2. The Balaban J connectivity index is 1.60. The van der Waals surface area contributed by atoms with E-state index in [9.17, 15) is 58.8 Å². The zero-order valence-corrected chi connectivity index (χ0v) is 42.9. The monoisotopic (exact) mass is 1060 g/mol. The Bertz CT molecular complexity index is 2530. The van der Waals surface area contributed by atoms with Gasteiger partial charge in [0, 0.05) is 47.9 Å². The van der Waals surface area contributed by atoms with E-state index in [0.29, 0.717) is 36.0 Å². The lowest BCUT2D eigenvalue weighted by Crippen LogP contribution is -2.62. The number of aromatic hydroxyl groups is 2. The van der Waals surface area contributed by atoms with Crippen molar-refractivity contribution in [1.29, 1.82) is 0 Å². The normalized spacial score (nSPS) is 14.9. The average molecular weight is 1070 g/mol. The van der Waals surface area contributed by atoms with Gasteiger partial charge in [0.05, 0.1) is 12.6 Å². The van der Waals surface area contributed by atoms with Gasteiger partial charge in [0.2, 0.25) is 41.4 Å². The van der Waals surface area contributed by atoms with E-state index in [2.05, 4.69) is 67.5 Å². The van der Waals surface area contributed by atoms with Gasteiger partial charge in [-0.15, -0.1) is 0 Å². The number of H-pyrrole nitrogens is 1. The number of para-hydroxylation sites is 1. The van der Waals surface area contributed by atoms with E-state index in [-0.39, 0.29) is 55.2 Å². The van der Waals surface area contributed by atoms with Crippen LogP contribution in [0.4, 0.5) is 0 Å². The van der Waals surface area contributed by atoms with Gasteiger partial charge in [-0.25, -0.2) is 4.79 Å². The highest BCUT2D eigenvalue weighted by atomic mass is 32.1. The van der Waals surface area contributed by atoms with Gasteiger partial charge in [0.1, 0.15) is 53.8 Å². The summed E-state index contributed by atoms with van der Waals surface area (Å²) in [6, 6.07) is 7.71. The molecule has 1 heterocycles. The summed E-state index contributed by atoms with van der Waals surface area (Å²) in [6.07, 6.45) is 2.57.